The molecule has 2 aromatic carbocycles. The van der Waals surface area contributed by atoms with Crippen molar-refractivity contribution in [2.45, 2.75) is 13.3 Å². The molecule has 1 N–H and O–H groups in total. The fourth-order valence-corrected chi connectivity index (χ4v) is 2.12. The van der Waals surface area contributed by atoms with Crippen LogP contribution in [0.5, 0.6) is 11.5 Å². The number of anilines is 1. The van der Waals surface area contributed by atoms with Crippen LogP contribution in [0.15, 0.2) is 42.5 Å². The van der Waals surface area contributed by atoms with E-state index in [0.29, 0.717) is 17.0 Å². The van der Waals surface area contributed by atoms with Crippen molar-refractivity contribution in [3.05, 3.63) is 53.6 Å². The van der Waals surface area contributed by atoms with Gasteiger partial charge in [-0.05, 0) is 30.2 Å². The summed E-state index contributed by atoms with van der Waals surface area (Å²) >= 11 is 0. The predicted octanol–water partition coefficient (Wildman–Crippen LogP) is 3.52. The third-order valence-electron chi connectivity index (χ3n) is 3.27. The average molecular weight is 285 g/mol. The van der Waals surface area contributed by atoms with Gasteiger partial charge in [-0.15, -0.1) is 0 Å². The normalized spacial score (nSPS) is 10.0. The molecule has 2 rings (SSSR count). The molecule has 0 saturated heterocycles. The van der Waals surface area contributed by atoms with E-state index < -0.39 is 0 Å². The molecule has 0 unspecified atom stereocenters. The summed E-state index contributed by atoms with van der Waals surface area (Å²) in [4.78, 5) is 12.2. The van der Waals surface area contributed by atoms with Gasteiger partial charge in [-0.1, -0.05) is 25.1 Å². The maximum Gasteiger partial charge on any atom is 0.255 e. The van der Waals surface area contributed by atoms with E-state index in [1.807, 2.05) is 31.2 Å². The molecule has 0 bridgehead atoms. The van der Waals surface area contributed by atoms with Gasteiger partial charge in [0.05, 0.1) is 19.9 Å². The Kier molecular flexibility index (Phi) is 4.82. The van der Waals surface area contributed by atoms with Crippen LogP contribution in [0.3, 0.4) is 0 Å². The molecule has 0 heterocycles. The maximum atomic E-state index is 12.2. The van der Waals surface area contributed by atoms with Crippen LogP contribution in [0, 0.1) is 0 Å². The van der Waals surface area contributed by atoms with Gasteiger partial charge in [0, 0.05) is 11.6 Å². The number of hydrogen-bond acceptors (Lipinski definition) is 3. The van der Waals surface area contributed by atoms with Gasteiger partial charge in [-0.25, -0.2) is 0 Å². The monoisotopic (exact) mass is 285 g/mol. The Morgan fingerprint density at radius 2 is 1.71 bits per heavy atom. The van der Waals surface area contributed by atoms with Crippen LogP contribution in [-0.4, -0.2) is 20.1 Å². The third kappa shape index (κ3) is 3.34. The minimum Gasteiger partial charge on any atom is -0.496 e. The molecule has 0 saturated carbocycles. The minimum atomic E-state index is -0.180. The molecular weight excluding hydrogens is 266 g/mol. The van der Waals surface area contributed by atoms with Crippen molar-refractivity contribution in [3.8, 4) is 11.5 Å². The predicted molar refractivity (Wildman–Crippen MR) is 83.3 cm³/mol. The summed E-state index contributed by atoms with van der Waals surface area (Å²) in [5, 5.41) is 2.86. The lowest BCUT2D eigenvalue weighted by atomic mass is 10.1. The third-order valence-corrected chi connectivity index (χ3v) is 3.27. The zero-order valence-electron chi connectivity index (χ0n) is 12.5. The molecule has 0 aliphatic carbocycles. The van der Waals surface area contributed by atoms with Crippen molar-refractivity contribution in [2.24, 2.45) is 0 Å². The standard InChI is InChI=1S/C17H19NO3/c1-4-12-10-16(21-3)14(11-15(12)20-2)18-17(19)13-8-6-5-7-9-13/h5-11H,4H2,1-3H3,(H,18,19). The summed E-state index contributed by atoms with van der Waals surface area (Å²) in [6, 6.07) is 12.7. The summed E-state index contributed by atoms with van der Waals surface area (Å²) in [6.07, 6.45) is 0.826. The average Bonchev–Trinajstić information content (AvgIpc) is 2.55. The van der Waals surface area contributed by atoms with Crippen LogP contribution in [0.1, 0.15) is 22.8 Å². The number of aryl methyl sites for hydroxylation is 1. The highest BCUT2D eigenvalue weighted by molar-refractivity contribution is 6.05. The SMILES string of the molecule is CCc1cc(OC)c(NC(=O)c2ccccc2)cc1OC. The lowest BCUT2D eigenvalue weighted by Crippen LogP contribution is -2.13. The number of carbonyl (C=O) groups is 1. The van der Waals surface area contributed by atoms with Crippen molar-refractivity contribution < 1.29 is 14.3 Å². The summed E-state index contributed by atoms with van der Waals surface area (Å²) in [5.41, 5.74) is 2.23. The van der Waals surface area contributed by atoms with Crippen LogP contribution < -0.4 is 14.8 Å². The second-order valence-corrected chi connectivity index (χ2v) is 4.54. The molecule has 4 heteroatoms. The topological polar surface area (TPSA) is 47.6 Å². The molecule has 4 nitrogen and oxygen atoms in total. The Labute approximate surface area is 124 Å². The van der Waals surface area contributed by atoms with Gasteiger partial charge in [0.1, 0.15) is 11.5 Å². The molecule has 21 heavy (non-hydrogen) atoms. The van der Waals surface area contributed by atoms with Crippen molar-refractivity contribution in [3.63, 3.8) is 0 Å². The smallest absolute Gasteiger partial charge is 0.255 e. The van der Waals surface area contributed by atoms with Crippen LogP contribution in [0.25, 0.3) is 0 Å². The molecular formula is C17H19NO3. The fourth-order valence-electron chi connectivity index (χ4n) is 2.12. The lowest BCUT2D eigenvalue weighted by molar-refractivity contribution is 0.102. The molecule has 0 aromatic heterocycles. The maximum absolute atomic E-state index is 12.2. The molecule has 2 aromatic rings. The van der Waals surface area contributed by atoms with E-state index in [1.165, 1.54) is 0 Å². The Bertz CT molecular complexity index is 623. The number of ether oxygens (including phenoxy) is 2. The van der Waals surface area contributed by atoms with Gasteiger partial charge < -0.3 is 14.8 Å². The Hall–Kier alpha value is -2.49. The van der Waals surface area contributed by atoms with E-state index in [1.54, 1.807) is 32.4 Å². The molecule has 0 aliphatic heterocycles. The zero-order chi connectivity index (χ0) is 15.2. The Morgan fingerprint density at radius 3 is 2.29 bits per heavy atom. The largest absolute Gasteiger partial charge is 0.496 e. The highest BCUT2D eigenvalue weighted by Crippen LogP contribution is 2.33. The zero-order valence-corrected chi connectivity index (χ0v) is 12.5. The van der Waals surface area contributed by atoms with E-state index in [0.717, 1.165) is 17.7 Å². The number of hydrogen-bond donors (Lipinski definition) is 1. The van der Waals surface area contributed by atoms with Gasteiger partial charge in [0.15, 0.2) is 0 Å². The van der Waals surface area contributed by atoms with Crippen molar-refractivity contribution >= 4 is 11.6 Å². The van der Waals surface area contributed by atoms with E-state index in [4.69, 9.17) is 9.47 Å². The fraction of sp³-hybridized carbons (Fsp3) is 0.235. The van der Waals surface area contributed by atoms with Crippen LogP contribution in [0.2, 0.25) is 0 Å². The first-order valence-corrected chi connectivity index (χ1v) is 6.80. The number of methoxy groups -OCH3 is 2. The van der Waals surface area contributed by atoms with Gasteiger partial charge in [0.2, 0.25) is 0 Å². The molecule has 110 valence electrons. The number of benzene rings is 2. The first-order chi connectivity index (χ1) is 10.2. The van der Waals surface area contributed by atoms with E-state index >= 15 is 0 Å². The Balaban J connectivity index is 2.32. The number of rotatable bonds is 5. The van der Waals surface area contributed by atoms with Gasteiger partial charge in [-0.2, -0.15) is 0 Å². The minimum absolute atomic E-state index is 0.180. The van der Waals surface area contributed by atoms with Crippen molar-refractivity contribution in [1.82, 2.24) is 0 Å². The molecule has 0 fully saturated rings. The van der Waals surface area contributed by atoms with Crippen LogP contribution >= 0.6 is 0 Å². The number of carbonyl (C=O) groups excluding carboxylic acids is 1. The van der Waals surface area contributed by atoms with Crippen molar-refractivity contribution in [2.75, 3.05) is 19.5 Å². The van der Waals surface area contributed by atoms with Crippen molar-refractivity contribution in [1.29, 1.82) is 0 Å². The van der Waals surface area contributed by atoms with Gasteiger partial charge in [-0.3, -0.25) is 4.79 Å². The quantitative estimate of drug-likeness (QED) is 0.914. The second-order valence-electron chi connectivity index (χ2n) is 4.54. The molecule has 0 aliphatic rings. The summed E-state index contributed by atoms with van der Waals surface area (Å²) in [7, 11) is 3.20. The van der Waals surface area contributed by atoms with Crippen LogP contribution in [0.4, 0.5) is 5.69 Å². The second kappa shape index (κ2) is 6.79. The van der Waals surface area contributed by atoms with Gasteiger partial charge >= 0.3 is 0 Å². The summed E-state index contributed by atoms with van der Waals surface area (Å²) in [6.45, 7) is 2.04. The number of amides is 1. The highest BCUT2D eigenvalue weighted by atomic mass is 16.5. The first kappa shape index (κ1) is 14.9. The van der Waals surface area contributed by atoms with E-state index in [2.05, 4.69) is 5.32 Å². The summed E-state index contributed by atoms with van der Waals surface area (Å²) < 4.78 is 10.7. The molecule has 1 amide bonds. The van der Waals surface area contributed by atoms with Crippen LogP contribution in [-0.2, 0) is 6.42 Å². The van der Waals surface area contributed by atoms with Gasteiger partial charge in [0.25, 0.3) is 5.91 Å². The first-order valence-electron chi connectivity index (χ1n) is 6.80. The molecule has 0 spiro atoms. The molecule has 0 radical (unpaired) electrons. The van der Waals surface area contributed by atoms with E-state index in [-0.39, 0.29) is 5.91 Å². The summed E-state index contributed by atoms with van der Waals surface area (Å²) in [5.74, 6) is 1.18. The Morgan fingerprint density at radius 1 is 1.05 bits per heavy atom. The van der Waals surface area contributed by atoms with E-state index in [9.17, 15) is 4.79 Å². The molecule has 0 atom stereocenters. The lowest BCUT2D eigenvalue weighted by Gasteiger charge is -2.15. The highest BCUT2D eigenvalue weighted by Gasteiger charge is 2.13. The number of nitrogens with one attached hydrogen (secondary N) is 1.